The smallest absolute Gasteiger partial charge is 0.322 e. The number of nitrogens with one attached hydrogen (secondary N) is 1. The molecule has 1 aliphatic heterocycles. The Morgan fingerprint density at radius 3 is 2.65 bits per heavy atom. The maximum atomic E-state index is 12.1. The van der Waals surface area contributed by atoms with E-state index in [0.29, 0.717) is 24.3 Å². The number of carbonyl (C=O) groups is 3. The van der Waals surface area contributed by atoms with Crippen molar-refractivity contribution in [3.8, 4) is 0 Å². The van der Waals surface area contributed by atoms with Crippen LogP contribution in [0.1, 0.15) is 17.3 Å². The van der Waals surface area contributed by atoms with Gasteiger partial charge in [0.05, 0.1) is 0 Å². The maximum Gasteiger partial charge on any atom is 0.322 e. The van der Waals surface area contributed by atoms with E-state index in [0.717, 1.165) is 0 Å². The predicted octanol–water partition coefficient (Wildman–Crippen LogP) is 1.20. The lowest BCUT2D eigenvalue weighted by Gasteiger charge is -2.31. The Bertz CT molecular complexity index is 556. The fourth-order valence-electron chi connectivity index (χ4n) is 1.95. The number of hydrogen-bond acceptors (Lipinski definition) is 3. The summed E-state index contributed by atoms with van der Waals surface area (Å²) >= 11 is 0. The van der Waals surface area contributed by atoms with Gasteiger partial charge in [0.25, 0.3) is 0 Å². The number of carbonyl (C=O) groups excluding carboxylic acids is 3. The van der Waals surface area contributed by atoms with Gasteiger partial charge in [0.1, 0.15) is 6.54 Å². The van der Waals surface area contributed by atoms with Gasteiger partial charge in [0.2, 0.25) is 5.91 Å². The SMILES string of the molecule is CC(=O)c1cccc(NC(=O)N2CCN(C)C(=O)C2)c1. The third-order valence-corrected chi connectivity index (χ3v) is 3.26. The van der Waals surface area contributed by atoms with Crippen LogP contribution in [-0.2, 0) is 4.79 Å². The summed E-state index contributed by atoms with van der Waals surface area (Å²) in [6, 6.07) is 6.41. The van der Waals surface area contributed by atoms with Crippen LogP contribution < -0.4 is 5.32 Å². The quantitative estimate of drug-likeness (QED) is 0.824. The summed E-state index contributed by atoms with van der Waals surface area (Å²) in [4.78, 5) is 38.0. The molecule has 0 unspecified atom stereocenters. The minimum absolute atomic E-state index is 0.0594. The van der Waals surface area contributed by atoms with Crippen molar-refractivity contribution in [2.24, 2.45) is 0 Å². The lowest BCUT2D eigenvalue weighted by molar-refractivity contribution is -0.133. The molecule has 1 heterocycles. The zero-order valence-electron chi connectivity index (χ0n) is 11.5. The summed E-state index contributed by atoms with van der Waals surface area (Å²) in [7, 11) is 1.72. The second-order valence-electron chi connectivity index (χ2n) is 4.80. The zero-order valence-corrected chi connectivity index (χ0v) is 11.5. The molecule has 0 atom stereocenters. The van der Waals surface area contributed by atoms with E-state index in [1.165, 1.54) is 11.8 Å². The summed E-state index contributed by atoms with van der Waals surface area (Å²) in [5.74, 6) is -0.139. The first-order chi connectivity index (χ1) is 9.47. The molecule has 6 nitrogen and oxygen atoms in total. The van der Waals surface area contributed by atoms with Crippen LogP contribution in [0.3, 0.4) is 0 Å². The molecule has 1 N–H and O–H groups in total. The molecule has 6 heteroatoms. The molecule has 106 valence electrons. The van der Waals surface area contributed by atoms with Gasteiger partial charge in [-0.05, 0) is 19.1 Å². The van der Waals surface area contributed by atoms with E-state index in [2.05, 4.69) is 5.32 Å². The average Bonchev–Trinajstić information content (AvgIpc) is 2.42. The minimum atomic E-state index is -0.327. The number of likely N-dealkylation sites (N-methyl/N-ethyl adjacent to an activating group) is 1. The molecule has 1 saturated heterocycles. The van der Waals surface area contributed by atoms with Crippen LogP contribution in [0.15, 0.2) is 24.3 Å². The molecule has 0 radical (unpaired) electrons. The largest absolute Gasteiger partial charge is 0.342 e. The standard InChI is InChI=1S/C14H17N3O3/c1-10(18)11-4-3-5-12(8-11)15-14(20)17-7-6-16(2)13(19)9-17/h3-5,8H,6-7,9H2,1-2H3,(H,15,20). The van der Waals surface area contributed by atoms with Gasteiger partial charge in [0.15, 0.2) is 5.78 Å². The van der Waals surface area contributed by atoms with Crippen LogP contribution in [0.2, 0.25) is 0 Å². The second kappa shape index (κ2) is 5.73. The van der Waals surface area contributed by atoms with Crippen LogP contribution in [0.25, 0.3) is 0 Å². The summed E-state index contributed by atoms with van der Waals surface area (Å²) < 4.78 is 0. The zero-order chi connectivity index (χ0) is 14.7. The Morgan fingerprint density at radius 1 is 1.25 bits per heavy atom. The maximum absolute atomic E-state index is 12.1. The fourth-order valence-corrected chi connectivity index (χ4v) is 1.95. The number of Topliss-reactive ketones (excluding diaryl/α,β-unsaturated/α-hetero) is 1. The highest BCUT2D eigenvalue weighted by Crippen LogP contribution is 2.12. The van der Waals surface area contributed by atoms with E-state index >= 15 is 0 Å². The topological polar surface area (TPSA) is 69.7 Å². The molecule has 0 aliphatic carbocycles. The Kier molecular flexibility index (Phi) is 4.02. The fraction of sp³-hybridized carbons (Fsp3) is 0.357. The molecule has 0 spiro atoms. The van der Waals surface area contributed by atoms with Crippen molar-refractivity contribution in [3.63, 3.8) is 0 Å². The Balaban J connectivity index is 2.03. The molecule has 0 saturated carbocycles. The van der Waals surface area contributed by atoms with Crippen LogP contribution >= 0.6 is 0 Å². The number of piperazine rings is 1. The van der Waals surface area contributed by atoms with E-state index in [4.69, 9.17) is 0 Å². The van der Waals surface area contributed by atoms with Crippen LogP contribution in [0.5, 0.6) is 0 Å². The minimum Gasteiger partial charge on any atom is -0.342 e. The number of rotatable bonds is 2. The predicted molar refractivity (Wildman–Crippen MR) is 74.7 cm³/mol. The highest BCUT2D eigenvalue weighted by molar-refractivity contribution is 5.97. The van der Waals surface area contributed by atoms with Crippen molar-refractivity contribution < 1.29 is 14.4 Å². The first-order valence-electron chi connectivity index (χ1n) is 6.38. The molecule has 0 aromatic heterocycles. The molecule has 2 rings (SSSR count). The highest BCUT2D eigenvalue weighted by atomic mass is 16.2. The summed E-state index contributed by atoms with van der Waals surface area (Å²) in [6.45, 7) is 2.58. The first-order valence-corrected chi connectivity index (χ1v) is 6.38. The molecule has 3 amide bonds. The second-order valence-corrected chi connectivity index (χ2v) is 4.80. The van der Waals surface area contributed by atoms with E-state index in [9.17, 15) is 14.4 Å². The Morgan fingerprint density at radius 2 is 2.00 bits per heavy atom. The van der Waals surface area contributed by atoms with E-state index in [1.807, 2.05) is 0 Å². The molecular weight excluding hydrogens is 258 g/mol. The van der Waals surface area contributed by atoms with Gasteiger partial charge in [-0.25, -0.2) is 4.79 Å². The van der Waals surface area contributed by atoms with Crippen molar-refractivity contribution >= 4 is 23.4 Å². The number of anilines is 1. The molecule has 1 aromatic rings. The number of urea groups is 1. The Hall–Kier alpha value is -2.37. The summed E-state index contributed by atoms with van der Waals surface area (Å²) in [5.41, 5.74) is 1.09. The average molecular weight is 275 g/mol. The van der Waals surface area contributed by atoms with Crippen LogP contribution in [0, 0.1) is 0 Å². The first kappa shape index (κ1) is 14.0. The van der Waals surface area contributed by atoms with Crippen LogP contribution in [-0.4, -0.2) is 54.2 Å². The van der Waals surface area contributed by atoms with Crippen LogP contribution in [0.4, 0.5) is 10.5 Å². The third-order valence-electron chi connectivity index (χ3n) is 3.26. The van der Waals surface area contributed by atoms with E-state index in [1.54, 1.807) is 36.2 Å². The van der Waals surface area contributed by atoms with Gasteiger partial charge in [0, 0.05) is 31.4 Å². The number of ketones is 1. The lowest BCUT2D eigenvalue weighted by Crippen LogP contribution is -2.51. The third kappa shape index (κ3) is 3.14. The van der Waals surface area contributed by atoms with Crippen molar-refractivity contribution in [2.45, 2.75) is 6.92 Å². The molecule has 1 aromatic carbocycles. The van der Waals surface area contributed by atoms with E-state index in [-0.39, 0.29) is 24.3 Å². The molecule has 20 heavy (non-hydrogen) atoms. The number of amides is 3. The van der Waals surface area contributed by atoms with Gasteiger partial charge in [-0.3, -0.25) is 9.59 Å². The number of nitrogens with zero attached hydrogens (tertiary/aromatic N) is 2. The van der Waals surface area contributed by atoms with Gasteiger partial charge in [-0.15, -0.1) is 0 Å². The lowest BCUT2D eigenvalue weighted by atomic mass is 10.1. The highest BCUT2D eigenvalue weighted by Gasteiger charge is 2.24. The summed E-state index contributed by atoms with van der Waals surface area (Å²) in [5, 5.41) is 2.71. The van der Waals surface area contributed by atoms with Crippen molar-refractivity contribution in [1.82, 2.24) is 9.80 Å². The molecule has 1 aliphatic rings. The monoisotopic (exact) mass is 275 g/mol. The van der Waals surface area contributed by atoms with Gasteiger partial charge in [-0.2, -0.15) is 0 Å². The van der Waals surface area contributed by atoms with Crippen molar-refractivity contribution in [3.05, 3.63) is 29.8 Å². The van der Waals surface area contributed by atoms with Gasteiger partial charge < -0.3 is 15.1 Å². The van der Waals surface area contributed by atoms with E-state index < -0.39 is 0 Å². The van der Waals surface area contributed by atoms with Crippen molar-refractivity contribution in [1.29, 1.82) is 0 Å². The number of hydrogen-bond donors (Lipinski definition) is 1. The number of benzene rings is 1. The molecule has 0 bridgehead atoms. The summed E-state index contributed by atoms with van der Waals surface area (Å²) in [6.07, 6.45) is 0. The van der Waals surface area contributed by atoms with Gasteiger partial charge in [-0.1, -0.05) is 12.1 Å². The normalized spacial score (nSPS) is 15.2. The van der Waals surface area contributed by atoms with Gasteiger partial charge >= 0.3 is 6.03 Å². The Labute approximate surface area is 117 Å². The molecule has 1 fully saturated rings. The molecular formula is C14H17N3O3. The van der Waals surface area contributed by atoms with Crippen molar-refractivity contribution in [2.75, 3.05) is 32.0 Å².